The second kappa shape index (κ2) is 15.5. The van der Waals surface area contributed by atoms with Crippen LogP contribution in [0.5, 0.6) is 0 Å². The number of fused-ring (bicyclic) bond motifs is 2. The highest BCUT2D eigenvalue weighted by molar-refractivity contribution is 5.98. The second-order valence-electron chi connectivity index (χ2n) is 16.4. The Balaban J connectivity index is 1.40. The minimum atomic E-state index is -1.10. The summed E-state index contributed by atoms with van der Waals surface area (Å²) in [5.74, 6) is -2.53. The van der Waals surface area contributed by atoms with Gasteiger partial charge in [-0.05, 0) is 94.2 Å². The van der Waals surface area contributed by atoms with Gasteiger partial charge >= 0.3 is 18.1 Å². The van der Waals surface area contributed by atoms with E-state index in [0.29, 0.717) is 10.9 Å². The lowest BCUT2D eigenvalue weighted by Gasteiger charge is -2.37. The van der Waals surface area contributed by atoms with Gasteiger partial charge in [-0.15, -0.1) is 0 Å². The van der Waals surface area contributed by atoms with E-state index in [0.717, 1.165) is 35.3 Å². The van der Waals surface area contributed by atoms with Crippen LogP contribution in [0.4, 0.5) is 9.59 Å². The van der Waals surface area contributed by atoms with E-state index >= 15 is 0 Å². The number of carbonyl (C=O) groups is 6. The number of benzene rings is 2. The molecule has 290 valence electrons. The highest BCUT2D eigenvalue weighted by atomic mass is 16.6. The first-order valence-corrected chi connectivity index (χ1v) is 18.3. The molecule has 5 unspecified atom stereocenters. The molecule has 1 aromatic heterocycles. The monoisotopic (exact) mass is 744 g/mol. The van der Waals surface area contributed by atoms with Gasteiger partial charge in [-0.3, -0.25) is 23.9 Å². The summed E-state index contributed by atoms with van der Waals surface area (Å²) >= 11 is 0. The van der Waals surface area contributed by atoms with Crippen molar-refractivity contribution < 1.29 is 38.6 Å². The molecule has 1 saturated heterocycles. The average molecular weight is 745 g/mol. The summed E-state index contributed by atoms with van der Waals surface area (Å²) in [7, 11) is 1.45. The van der Waals surface area contributed by atoms with Gasteiger partial charge in [0.25, 0.3) is 0 Å². The van der Waals surface area contributed by atoms with E-state index in [1.54, 1.807) is 53.7 Å². The number of likely N-dealkylation sites (tertiary alicyclic amines) is 1. The molecule has 1 aliphatic carbocycles. The van der Waals surface area contributed by atoms with Crippen LogP contribution in [0.1, 0.15) is 95.3 Å². The summed E-state index contributed by atoms with van der Waals surface area (Å²) < 4.78 is 6.79. The van der Waals surface area contributed by atoms with Crippen LogP contribution >= 0.6 is 0 Å². The highest BCUT2D eigenvalue weighted by Crippen LogP contribution is 2.32. The summed E-state index contributed by atoms with van der Waals surface area (Å²) in [6.07, 6.45) is 3.49. The first kappa shape index (κ1) is 39.8. The standard InChI is InChI=1S/C40H52N6O8/c1-23(44(8)38(53)54-40(5,6)7)33(47)43-32(39(2,3)4)35(49)46-22-27(41-37(52)45-19-18-25-20-26(36(50)51)16-17-30(25)45)21-31(46)34(48)42-29-15-11-13-24-12-9-10-14-28(24)29/h9-10,12,14,16-20,23,27,29,31-32H,11,13,15,21-22H2,1-8H3,(H,41,52)(H,42,48)(H,43,47)(H,50,51). The third-order valence-electron chi connectivity index (χ3n) is 10.1. The normalized spacial score (nSPS) is 19.6. The number of ether oxygens (including phenoxy) is 1. The van der Waals surface area contributed by atoms with Crippen LogP contribution in [0.3, 0.4) is 0 Å². The van der Waals surface area contributed by atoms with Crippen molar-refractivity contribution in [2.75, 3.05) is 13.6 Å². The fourth-order valence-electron chi connectivity index (χ4n) is 7.05. The van der Waals surface area contributed by atoms with Crippen LogP contribution in [0.25, 0.3) is 10.9 Å². The van der Waals surface area contributed by atoms with Crippen molar-refractivity contribution in [3.63, 3.8) is 0 Å². The Hall–Kier alpha value is -5.40. The van der Waals surface area contributed by atoms with E-state index in [1.807, 2.05) is 18.2 Å². The number of aromatic carboxylic acids is 1. The Kier molecular flexibility index (Phi) is 11.4. The number of hydrogen-bond donors (Lipinski definition) is 4. The molecular formula is C40H52N6O8. The van der Waals surface area contributed by atoms with Crippen LogP contribution in [0.2, 0.25) is 0 Å². The van der Waals surface area contributed by atoms with E-state index in [-0.39, 0.29) is 30.5 Å². The maximum atomic E-state index is 14.6. The molecule has 0 radical (unpaired) electrons. The van der Waals surface area contributed by atoms with Gasteiger partial charge in [-0.25, -0.2) is 14.4 Å². The molecule has 0 bridgehead atoms. The van der Waals surface area contributed by atoms with E-state index in [1.165, 1.54) is 41.8 Å². The fraction of sp³-hybridized carbons (Fsp3) is 0.500. The molecule has 5 amide bonds. The number of hydrogen-bond acceptors (Lipinski definition) is 7. The van der Waals surface area contributed by atoms with Gasteiger partial charge in [-0.2, -0.15) is 0 Å². The molecule has 0 spiro atoms. The zero-order valence-electron chi connectivity index (χ0n) is 32.3. The van der Waals surface area contributed by atoms with Crippen LogP contribution in [-0.2, 0) is 25.5 Å². The van der Waals surface area contributed by atoms with Crippen LogP contribution in [0, 0.1) is 5.41 Å². The van der Waals surface area contributed by atoms with Gasteiger partial charge in [0.15, 0.2) is 0 Å². The molecule has 1 aliphatic heterocycles. The predicted octanol–water partition coefficient (Wildman–Crippen LogP) is 4.85. The summed E-state index contributed by atoms with van der Waals surface area (Å²) in [6, 6.07) is 9.59. The third kappa shape index (κ3) is 8.86. The zero-order valence-corrected chi connectivity index (χ0v) is 32.3. The topological polar surface area (TPSA) is 179 Å². The predicted molar refractivity (Wildman–Crippen MR) is 202 cm³/mol. The lowest BCUT2D eigenvalue weighted by molar-refractivity contribution is -0.144. The van der Waals surface area contributed by atoms with Gasteiger partial charge in [0.1, 0.15) is 23.7 Å². The van der Waals surface area contributed by atoms with E-state index < -0.39 is 65.1 Å². The number of carbonyl (C=O) groups excluding carboxylic acids is 5. The Bertz CT molecular complexity index is 1940. The molecule has 5 atom stereocenters. The van der Waals surface area contributed by atoms with Crippen molar-refractivity contribution in [3.05, 3.63) is 71.4 Å². The maximum Gasteiger partial charge on any atom is 0.410 e. The number of aryl methyl sites for hydroxylation is 1. The first-order chi connectivity index (χ1) is 25.2. The van der Waals surface area contributed by atoms with E-state index in [2.05, 4.69) is 22.0 Å². The molecule has 2 aliphatic rings. The number of carboxylic acid groups (broad SMARTS) is 1. The number of carboxylic acids is 1. The molecule has 54 heavy (non-hydrogen) atoms. The fourth-order valence-corrected chi connectivity index (χ4v) is 7.05. The first-order valence-electron chi connectivity index (χ1n) is 18.3. The van der Waals surface area contributed by atoms with Crippen molar-refractivity contribution in [2.24, 2.45) is 5.41 Å². The quantitative estimate of drug-likeness (QED) is 0.253. The van der Waals surface area contributed by atoms with Gasteiger partial charge < -0.3 is 30.7 Å². The van der Waals surface area contributed by atoms with E-state index in [4.69, 9.17) is 4.74 Å². The summed E-state index contributed by atoms with van der Waals surface area (Å²) in [5, 5.41) is 19.0. The number of amides is 5. The lowest BCUT2D eigenvalue weighted by atomic mass is 9.85. The molecule has 5 rings (SSSR count). The molecule has 3 aromatic rings. The average Bonchev–Trinajstić information content (AvgIpc) is 3.73. The van der Waals surface area contributed by atoms with Crippen LogP contribution in [-0.4, -0.2) is 98.6 Å². The third-order valence-corrected chi connectivity index (χ3v) is 10.1. The molecular weight excluding hydrogens is 692 g/mol. The smallest absolute Gasteiger partial charge is 0.410 e. The Morgan fingerprint density at radius 2 is 1.67 bits per heavy atom. The molecule has 2 aromatic carbocycles. The van der Waals surface area contributed by atoms with Gasteiger partial charge in [0.2, 0.25) is 17.7 Å². The number of likely N-dealkylation sites (N-methyl/N-ethyl adjacent to an activating group) is 1. The van der Waals surface area contributed by atoms with Crippen molar-refractivity contribution >= 4 is 46.7 Å². The van der Waals surface area contributed by atoms with E-state index in [9.17, 15) is 33.9 Å². The number of nitrogens with one attached hydrogen (secondary N) is 3. The number of rotatable bonds is 8. The summed E-state index contributed by atoms with van der Waals surface area (Å²) in [6.45, 7) is 12.1. The number of nitrogens with zero attached hydrogens (tertiary/aromatic N) is 3. The van der Waals surface area contributed by atoms with Gasteiger partial charge in [0, 0.05) is 25.2 Å². The van der Waals surface area contributed by atoms with Gasteiger partial charge in [0.05, 0.1) is 23.2 Å². The molecule has 2 heterocycles. The number of aromatic nitrogens is 1. The molecule has 4 N–H and O–H groups in total. The van der Waals surface area contributed by atoms with Crippen molar-refractivity contribution in [2.45, 2.75) is 110 Å². The van der Waals surface area contributed by atoms with Crippen molar-refractivity contribution in [1.29, 1.82) is 0 Å². The maximum absolute atomic E-state index is 14.6. The summed E-state index contributed by atoms with van der Waals surface area (Å²) in [5.41, 5.74) is 1.18. The second-order valence-corrected chi connectivity index (χ2v) is 16.4. The molecule has 14 heteroatoms. The highest BCUT2D eigenvalue weighted by Gasteiger charge is 2.46. The molecule has 1 fully saturated rings. The van der Waals surface area contributed by atoms with Gasteiger partial charge in [-0.1, -0.05) is 45.0 Å². The SMILES string of the molecule is CC(C(=O)NC(C(=O)N1CC(NC(=O)n2ccc3cc(C(=O)O)ccc32)CC1C(=O)NC1CCCc2ccccc21)C(C)(C)C)N(C)C(=O)OC(C)(C)C. The lowest BCUT2D eigenvalue weighted by Crippen LogP contribution is -2.60. The van der Waals surface area contributed by atoms with Crippen molar-refractivity contribution in [1.82, 2.24) is 30.3 Å². The molecule has 14 nitrogen and oxygen atoms in total. The Morgan fingerprint density at radius 3 is 2.33 bits per heavy atom. The summed E-state index contributed by atoms with van der Waals surface area (Å²) in [4.78, 5) is 83.0. The Labute approximate surface area is 315 Å². The largest absolute Gasteiger partial charge is 0.478 e. The van der Waals surface area contributed by atoms with Crippen LogP contribution < -0.4 is 16.0 Å². The minimum Gasteiger partial charge on any atom is -0.478 e. The van der Waals surface area contributed by atoms with Crippen LogP contribution in [0.15, 0.2) is 54.7 Å². The minimum absolute atomic E-state index is 0.0118. The Morgan fingerprint density at radius 1 is 0.963 bits per heavy atom. The molecule has 0 saturated carbocycles. The van der Waals surface area contributed by atoms with Crippen molar-refractivity contribution in [3.8, 4) is 0 Å². The zero-order chi connectivity index (χ0) is 39.7.